The molecule has 0 atom stereocenters. The number of carbonyl (C=O) groups excluding carboxylic acids is 2. The highest BCUT2D eigenvalue weighted by atomic mass is 16.5. The summed E-state index contributed by atoms with van der Waals surface area (Å²) in [6.07, 6.45) is 0.183. The van der Waals surface area contributed by atoms with Crippen molar-refractivity contribution in [3.05, 3.63) is 48.0 Å². The van der Waals surface area contributed by atoms with Crippen LogP contribution in [0.15, 0.2) is 42.5 Å². The van der Waals surface area contributed by atoms with Gasteiger partial charge in [-0.1, -0.05) is 18.2 Å². The van der Waals surface area contributed by atoms with Crippen molar-refractivity contribution >= 4 is 23.2 Å². The molecule has 0 aromatic heterocycles. The largest absolute Gasteiger partial charge is 0.493 e. The van der Waals surface area contributed by atoms with E-state index in [2.05, 4.69) is 5.32 Å². The van der Waals surface area contributed by atoms with Crippen molar-refractivity contribution in [3.8, 4) is 11.5 Å². The van der Waals surface area contributed by atoms with Gasteiger partial charge in [-0.3, -0.25) is 9.59 Å². The van der Waals surface area contributed by atoms with Crippen LogP contribution in [-0.4, -0.2) is 32.6 Å². The molecule has 6 heteroatoms. The van der Waals surface area contributed by atoms with Gasteiger partial charge in [0.2, 0.25) is 11.8 Å². The molecule has 0 aliphatic heterocycles. The smallest absolute Gasteiger partial charge is 0.226 e. The number of nitrogens with zero attached hydrogens (tertiary/aromatic N) is 1. The molecule has 6 nitrogen and oxygen atoms in total. The number of aryl methyl sites for hydroxylation is 1. The Labute approximate surface area is 153 Å². The summed E-state index contributed by atoms with van der Waals surface area (Å²) in [4.78, 5) is 25.8. The number of methoxy groups -OCH3 is 2. The first-order valence-electron chi connectivity index (χ1n) is 8.32. The summed E-state index contributed by atoms with van der Waals surface area (Å²) in [5.74, 6) is 0.810. The van der Waals surface area contributed by atoms with E-state index in [1.807, 2.05) is 31.2 Å². The number of anilines is 2. The van der Waals surface area contributed by atoms with Crippen molar-refractivity contribution < 1.29 is 19.1 Å². The van der Waals surface area contributed by atoms with Crippen LogP contribution in [-0.2, 0) is 9.59 Å². The summed E-state index contributed by atoms with van der Waals surface area (Å²) in [7, 11) is 3.09. The van der Waals surface area contributed by atoms with Gasteiger partial charge < -0.3 is 19.7 Å². The van der Waals surface area contributed by atoms with Crippen LogP contribution in [0.5, 0.6) is 11.5 Å². The van der Waals surface area contributed by atoms with Gasteiger partial charge >= 0.3 is 0 Å². The second-order valence-corrected chi connectivity index (χ2v) is 5.82. The van der Waals surface area contributed by atoms with E-state index in [0.29, 0.717) is 17.2 Å². The van der Waals surface area contributed by atoms with Gasteiger partial charge in [0.1, 0.15) is 0 Å². The first kappa shape index (κ1) is 19.3. The van der Waals surface area contributed by atoms with Gasteiger partial charge in [0, 0.05) is 37.3 Å². The van der Waals surface area contributed by atoms with Gasteiger partial charge in [0.05, 0.1) is 14.2 Å². The molecule has 0 saturated carbocycles. The summed E-state index contributed by atoms with van der Waals surface area (Å²) in [5.41, 5.74) is 2.42. The predicted octanol–water partition coefficient (Wildman–Crippen LogP) is 3.39. The molecule has 0 unspecified atom stereocenters. The van der Waals surface area contributed by atoms with Gasteiger partial charge in [-0.2, -0.15) is 0 Å². The Morgan fingerprint density at radius 2 is 1.73 bits per heavy atom. The van der Waals surface area contributed by atoms with Gasteiger partial charge in [-0.15, -0.1) is 0 Å². The summed E-state index contributed by atoms with van der Waals surface area (Å²) in [6, 6.07) is 12.8. The molecule has 0 bridgehead atoms. The topological polar surface area (TPSA) is 67.9 Å². The fourth-order valence-corrected chi connectivity index (χ4v) is 2.60. The van der Waals surface area contributed by atoms with Crippen LogP contribution in [0.2, 0.25) is 0 Å². The van der Waals surface area contributed by atoms with Crippen molar-refractivity contribution in [2.45, 2.75) is 20.3 Å². The number of rotatable bonds is 7. The first-order chi connectivity index (χ1) is 12.5. The van der Waals surface area contributed by atoms with Crippen molar-refractivity contribution in [2.75, 3.05) is 31.0 Å². The lowest BCUT2D eigenvalue weighted by atomic mass is 10.2. The quantitative estimate of drug-likeness (QED) is 0.826. The van der Waals surface area contributed by atoms with Gasteiger partial charge in [0.25, 0.3) is 0 Å². The van der Waals surface area contributed by atoms with Crippen LogP contribution in [0.4, 0.5) is 11.4 Å². The molecule has 2 rings (SSSR count). The standard InChI is InChI=1S/C20H24N2O4/c1-14-7-5-6-8-17(14)21-20(24)11-12-22(15(2)23)16-9-10-18(25-3)19(13-16)26-4/h5-10,13H,11-12H2,1-4H3,(H,21,24). The van der Waals surface area contributed by atoms with Crippen LogP contribution in [0.25, 0.3) is 0 Å². The molecule has 1 N–H and O–H groups in total. The number of para-hydroxylation sites is 1. The third-order valence-electron chi connectivity index (χ3n) is 4.04. The molecule has 0 fully saturated rings. The zero-order valence-corrected chi connectivity index (χ0v) is 15.5. The Balaban J connectivity index is 2.08. The predicted molar refractivity (Wildman–Crippen MR) is 102 cm³/mol. The summed E-state index contributed by atoms with van der Waals surface area (Å²) in [6.45, 7) is 3.67. The van der Waals surface area contributed by atoms with E-state index < -0.39 is 0 Å². The minimum absolute atomic E-state index is 0.147. The monoisotopic (exact) mass is 356 g/mol. The van der Waals surface area contributed by atoms with E-state index >= 15 is 0 Å². The van der Waals surface area contributed by atoms with E-state index in [0.717, 1.165) is 11.3 Å². The Hall–Kier alpha value is -3.02. The highest BCUT2D eigenvalue weighted by Crippen LogP contribution is 2.31. The summed E-state index contributed by atoms with van der Waals surface area (Å²) < 4.78 is 10.5. The van der Waals surface area contributed by atoms with Crippen molar-refractivity contribution in [1.82, 2.24) is 0 Å². The maximum Gasteiger partial charge on any atom is 0.226 e. The average Bonchev–Trinajstić information content (AvgIpc) is 2.63. The number of hydrogen-bond donors (Lipinski definition) is 1. The molecule has 0 aliphatic carbocycles. The lowest BCUT2D eigenvalue weighted by Crippen LogP contribution is -2.32. The second kappa shape index (κ2) is 8.89. The van der Waals surface area contributed by atoms with Gasteiger partial charge in [-0.05, 0) is 30.7 Å². The molecule has 0 heterocycles. The highest BCUT2D eigenvalue weighted by molar-refractivity contribution is 5.95. The fraction of sp³-hybridized carbons (Fsp3) is 0.300. The van der Waals surface area contributed by atoms with Crippen LogP contribution in [0, 0.1) is 6.92 Å². The zero-order chi connectivity index (χ0) is 19.1. The molecule has 0 radical (unpaired) electrons. The summed E-state index contributed by atoms with van der Waals surface area (Å²) >= 11 is 0. The molecule has 0 spiro atoms. The maximum atomic E-state index is 12.3. The number of amides is 2. The molecule has 0 saturated heterocycles. The second-order valence-electron chi connectivity index (χ2n) is 5.82. The van der Waals surface area contributed by atoms with Gasteiger partial charge in [-0.25, -0.2) is 0 Å². The molecule has 26 heavy (non-hydrogen) atoms. The Morgan fingerprint density at radius 3 is 2.35 bits per heavy atom. The molecular formula is C20H24N2O4. The van der Waals surface area contributed by atoms with Crippen LogP contribution in [0.3, 0.4) is 0 Å². The third kappa shape index (κ3) is 4.75. The minimum atomic E-state index is -0.152. The highest BCUT2D eigenvalue weighted by Gasteiger charge is 2.16. The zero-order valence-electron chi connectivity index (χ0n) is 15.5. The van der Waals surface area contributed by atoms with Crippen LogP contribution >= 0.6 is 0 Å². The normalized spacial score (nSPS) is 10.2. The SMILES string of the molecule is COc1ccc(N(CCC(=O)Nc2ccccc2C)C(C)=O)cc1OC. The van der Waals surface area contributed by atoms with Crippen molar-refractivity contribution in [2.24, 2.45) is 0 Å². The maximum absolute atomic E-state index is 12.3. The van der Waals surface area contributed by atoms with E-state index in [9.17, 15) is 9.59 Å². The Morgan fingerprint density at radius 1 is 1.04 bits per heavy atom. The van der Waals surface area contributed by atoms with Crippen LogP contribution < -0.4 is 19.7 Å². The van der Waals surface area contributed by atoms with E-state index in [-0.39, 0.29) is 24.8 Å². The lowest BCUT2D eigenvalue weighted by molar-refractivity contribution is -0.117. The molecule has 2 aromatic rings. The Kier molecular flexibility index (Phi) is 6.60. The molecule has 138 valence electrons. The molecular weight excluding hydrogens is 332 g/mol. The summed E-state index contributed by atoms with van der Waals surface area (Å²) in [5, 5.41) is 2.88. The number of ether oxygens (including phenoxy) is 2. The minimum Gasteiger partial charge on any atom is -0.493 e. The van der Waals surface area contributed by atoms with Crippen molar-refractivity contribution in [3.63, 3.8) is 0 Å². The third-order valence-corrected chi connectivity index (χ3v) is 4.04. The van der Waals surface area contributed by atoms with E-state index in [1.54, 1.807) is 30.2 Å². The van der Waals surface area contributed by atoms with Crippen LogP contribution in [0.1, 0.15) is 18.9 Å². The van der Waals surface area contributed by atoms with Gasteiger partial charge in [0.15, 0.2) is 11.5 Å². The lowest BCUT2D eigenvalue weighted by Gasteiger charge is -2.22. The van der Waals surface area contributed by atoms with E-state index in [4.69, 9.17) is 9.47 Å². The van der Waals surface area contributed by atoms with E-state index in [1.165, 1.54) is 14.0 Å². The molecule has 2 amide bonds. The number of benzene rings is 2. The number of nitrogens with one attached hydrogen (secondary N) is 1. The number of carbonyl (C=O) groups is 2. The first-order valence-corrected chi connectivity index (χ1v) is 8.32. The fourth-order valence-electron chi connectivity index (χ4n) is 2.60. The Bertz CT molecular complexity index is 789. The number of hydrogen-bond acceptors (Lipinski definition) is 4. The molecule has 0 aliphatic rings. The molecule has 2 aromatic carbocycles. The average molecular weight is 356 g/mol. The van der Waals surface area contributed by atoms with Crippen molar-refractivity contribution in [1.29, 1.82) is 0 Å².